The number of carbonyl (C=O) groups is 1. The van der Waals surface area contributed by atoms with Crippen molar-refractivity contribution in [3.05, 3.63) is 0 Å². The van der Waals surface area contributed by atoms with Gasteiger partial charge in [-0.15, -0.1) is 0 Å². The number of hydrogen-bond acceptors (Lipinski definition) is 5. The number of thioether (sulfide) groups is 2. The molecule has 134 valence electrons. The summed E-state index contributed by atoms with van der Waals surface area (Å²) in [5, 5.41) is 3.02. The Morgan fingerprint density at radius 1 is 1.17 bits per heavy atom. The first-order valence-electron chi connectivity index (χ1n) is 8.96. The van der Waals surface area contributed by atoms with Gasteiger partial charge in [0.15, 0.2) is 0 Å². The van der Waals surface area contributed by atoms with E-state index in [0.717, 1.165) is 31.5 Å². The standard InChI is InChI=1S/C17H33N3OS2/c1-19(2)10-7-18-17(21)4-3-15-5-8-20(9-6-15)16-13-22-11-12-23-14-16/h15-16H,3-14H2,1-2H3,(H,18,21). The van der Waals surface area contributed by atoms with E-state index >= 15 is 0 Å². The topological polar surface area (TPSA) is 35.6 Å². The van der Waals surface area contributed by atoms with Gasteiger partial charge in [0.1, 0.15) is 0 Å². The number of nitrogens with one attached hydrogen (secondary N) is 1. The second kappa shape index (κ2) is 10.9. The summed E-state index contributed by atoms with van der Waals surface area (Å²) in [6.07, 6.45) is 4.32. The Morgan fingerprint density at radius 2 is 1.83 bits per heavy atom. The highest BCUT2D eigenvalue weighted by atomic mass is 32.2. The van der Waals surface area contributed by atoms with Crippen molar-refractivity contribution < 1.29 is 4.79 Å². The third-order valence-corrected chi connectivity index (χ3v) is 7.30. The zero-order valence-electron chi connectivity index (χ0n) is 14.8. The summed E-state index contributed by atoms with van der Waals surface area (Å²) in [4.78, 5) is 16.7. The molecule has 0 aliphatic carbocycles. The van der Waals surface area contributed by atoms with Crippen LogP contribution in [0, 0.1) is 5.92 Å². The van der Waals surface area contributed by atoms with Gasteiger partial charge >= 0.3 is 0 Å². The van der Waals surface area contributed by atoms with E-state index in [4.69, 9.17) is 0 Å². The molecule has 0 spiro atoms. The lowest BCUT2D eigenvalue weighted by Crippen LogP contribution is -2.44. The van der Waals surface area contributed by atoms with Crippen LogP contribution < -0.4 is 5.32 Å². The van der Waals surface area contributed by atoms with Gasteiger partial charge < -0.3 is 10.2 Å². The molecular formula is C17H33N3OS2. The smallest absolute Gasteiger partial charge is 0.220 e. The van der Waals surface area contributed by atoms with Gasteiger partial charge in [0, 0.05) is 48.6 Å². The molecular weight excluding hydrogens is 326 g/mol. The molecule has 2 aliphatic rings. The van der Waals surface area contributed by atoms with E-state index in [2.05, 4.69) is 38.6 Å². The van der Waals surface area contributed by atoms with Gasteiger partial charge in [0.2, 0.25) is 5.91 Å². The maximum absolute atomic E-state index is 11.9. The minimum absolute atomic E-state index is 0.228. The van der Waals surface area contributed by atoms with Crippen LogP contribution in [0.4, 0.5) is 0 Å². The fourth-order valence-electron chi connectivity index (χ4n) is 3.26. The third-order valence-electron chi connectivity index (χ3n) is 4.82. The van der Waals surface area contributed by atoms with E-state index in [1.54, 1.807) is 0 Å². The van der Waals surface area contributed by atoms with Crippen LogP contribution in [0.15, 0.2) is 0 Å². The van der Waals surface area contributed by atoms with Crippen LogP contribution in [0.3, 0.4) is 0 Å². The van der Waals surface area contributed by atoms with Crippen molar-refractivity contribution in [2.45, 2.75) is 31.7 Å². The molecule has 1 amide bonds. The van der Waals surface area contributed by atoms with E-state index in [9.17, 15) is 4.79 Å². The predicted octanol–water partition coefficient (Wildman–Crippen LogP) is 2.00. The maximum atomic E-state index is 11.9. The summed E-state index contributed by atoms with van der Waals surface area (Å²) in [6.45, 7) is 4.15. The van der Waals surface area contributed by atoms with E-state index in [1.165, 1.54) is 48.9 Å². The fraction of sp³-hybridized carbons (Fsp3) is 0.941. The van der Waals surface area contributed by atoms with E-state index in [-0.39, 0.29) is 5.91 Å². The predicted molar refractivity (Wildman–Crippen MR) is 104 cm³/mol. The van der Waals surface area contributed by atoms with Gasteiger partial charge in [-0.3, -0.25) is 9.69 Å². The van der Waals surface area contributed by atoms with E-state index in [1.807, 2.05) is 14.1 Å². The van der Waals surface area contributed by atoms with Crippen LogP contribution >= 0.6 is 23.5 Å². The SMILES string of the molecule is CN(C)CCNC(=O)CCC1CCN(C2CSCCSC2)CC1. The molecule has 2 fully saturated rings. The lowest BCUT2D eigenvalue weighted by atomic mass is 9.91. The van der Waals surface area contributed by atoms with Crippen molar-refractivity contribution in [2.24, 2.45) is 5.92 Å². The Hall–Kier alpha value is 0.0900. The molecule has 4 nitrogen and oxygen atoms in total. The Morgan fingerprint density at radius 3 is 2.43 bits per heavy atom. The van der Waals surface area contributed by atoms with Gasteiger partial charge in [0.05, 0.1) is 0 Å². The van der Waals surface area contributed by atoms with Crippen molar-refractivity contribution in [1.82, 2.24) is 15.1 Å². The summed E-state index contributed by atoms with van der Waals surface area (Å²) >= 11 is 4.25. The summed E-state index contributed by atoms with van der Waals surface area (Å²) in [7, 11) is 4.07. The van der Waals surface area contributed by atoms with Gasteiger partial charge in [0.25, 0.3) is 0 Å². The highest BCUT2D eigenvalue weighted by molar-refractivity contribution is 8.03. The summed E-state index contributed by atoms with van der Waals surface area (Å²) in [6, 6.07) is 0.780. The summed E-state index contributed by atoms with van der Waals surface area (Å²) in [5.74, 6) is 6.24. The number of rotatable bonds is 7. The second-order valence-electron chi connectivity index (χ2n) is 6.97. The fourth-order valence-corrected chi connectivity index (χ4v) is 5.89. The van der Waals surface area contributed by atoms with Crippen molar-refractivity contribution in [3.63, 3.8) is 0 Å². The quantitative estimate of drug-likeness (QED) is 0.752. The molecule has 0 saturated carbocycles. The first-order valence-corrected chi connectivity index (χ1v) is 11.3. The minimum atomic E-state index is 0.228. The zero-order chi connectivity index (χ0) is 16.5. The first kappa shape index (κ1) is 19.4. The third kappa shape index (κ3) is 7.67. The van der Waals surface area contributed by atoms with Crippen LogP contribution in [0.5, 0.6) is 0 Å². The molecule has 0 unspecified atom stereocenters. The van der Waals surface area contributed by atoms with Gasteiger partial charge in [-0.2, -0.15) is 23.5 Å². The number of piperidine rings is 1. The van der Waals surface area contributed by atoms with E-state index in [0.29, 0.717) is 6.42 Å². The normalized spacial score (nSPS) is 22.2. The molecule has 0 aromatic rings. The van der Waals surface area contributed by atoms with Crippen LogP contribution in [-0.4, -0.2) is 85.0 Å². The minimum Gasteiger partial charge on any atom is -0.355 e. The zero-order valence-corrected chi connectivity index (χ0v) is 16.4. The number of likely N-dealkylation sites (N-methyl/N-ethyl adjacent to an activating group) is 1. The van der Waals surface area contributed by atoms with Gasteiger partial charge in [-0.1, -0.05) is 0 Å². The number of likely N-dealkylation sites (tertiary alicyclic amines) is 1. The highest BCUT2D eigenvalue weighted by Gasteiger charge is 2.26. The average Bonchev–Trinajstić information content (AvgIpc) is 2.82. The Bertz CT molecular complexity index is 339. The molecule has 0 aromatic carbocycles. The summed E-state index contributed by atoms with van der Waals surface area (Å²) in [5.41, 5.74) is 0. The van der Waals surface area contributed by atoms with Gasteiger partial charge in [-0.25, -0.2) is 0 Å². The molecule has 2 aliphatic heterocycles. The monoisotopic (exact) mass is 359 g/mol. The number of amides is 1. The second-order valence-corrected chi connectivity index (χ2v) is 9.27. The van der Waals surface area contributed by atoms with Crippen molar-refractivity contribution in [3.8, 4) is 0 Å². The lowest BCUT2D eigenvalue weighted by molar-refractivity contribution is -0.121. The molecule has 2 rings (SSSR count). The van der Waals surface area contributed by atoms with Crippen LogP contribution in [-0.2, 0) is 4.79 Å². The summed E-state index contributed by atoms with van der Waals surface area (Å²) < 4.78 is 0. The van der Waals surface area contributed by atoms with Crippen molar-refractivity contribution >= 4 is 29.4 Å². The molecule has 0 aromatic heterocycles. The lowest BCUT2D eigenvalue weighted by Gasteiger charge is -2.37. The number of carbonyl (C=O) groups excluding carboxylic acids is 1. The molecule has 0 bridgehead atoms. The molecule has 2 heterocycles. The largest absolute Gasteiger partial charge is 0.355 e. The van der Waals surface area contributed by atoms with Gasteiger partial charge in [-0.05, 0) is 52.4 Å². The average molecular weight is 360 g/mol. The maximum Gasteiger partial charge on any atom is 0.220 e. The van der Waals surface area contributed by atoms with Crippen LogP contribution in [0.1, 0.15) is 25.7 Å². The molecule has 1 N–H and O–H groups in total. The van der Waals surface area contributed by atoms with Crippen molar-refractivity contribution in [1.29, 1.82) is 0 Å². The van der Waals surface area contributed by atoms with Crippen LogP contribution in [0.25, 0.3) is 0 Å². The molecule has 6 heteroatoms. The molecule has 23 heavy (non-hydrogen) atoms. The van der Waals surface area contributed by atoms with Crippen LogP contribution in [0.2, 0.25) is 0 Å². The highest BCUT2D eigenvalue weighted by Crippen LogP contribution is 2.27. The molecule has 2 saturated heterocycles. The Kier molecular flexibility index (Phi) is 9.16. The molecule has 0 radical (unpaired) electrons. The van der Waals surface area contributed by atoms with Crippen molar-refractivity contribution in [2.75, 3.05) is 63.3 Å². The Labute approximate surface area is 150 Å². The number of nitrogens with zero attached hydrogens (tertiary/aromatic N) is 2. The van der Waals surface area contributed by atoms with E-state index < -0.39 is 0 Å². The number of hydrogen-bond donors (Lipinski definition) is 1. The first-order chi connectivity index (χ1) is 11.1. The molecule has 0 atom stereocenters. The Balaban J connectivity index is 1.58.